The molecule has 0 heterocycles. The van der Waals surface area contributed by atoms with E-state index in [1.165, 1.54) is 11.3 Å². The quantitative estimate of drug-likeness (QED) is 0.473. The Morgan fingerprint density at radius 2 is 1.91 bits per heavy atom. The number of nitrogens with zero attached hydrogens (tertiary/aromatic N) is 1. The molecule has 0 aliphatic heterocycles. The molecule has 3 amide bonds. The van der Waals surface area contributed by atoms with Gasteiger partial charge in [0.25, 0.3) is 0 Å². The van der Waals surface area contributed by atoms with Gasteiger partial charge in [-0.15, -0.1) is 0 Å². The van der Waals surface area contributed by atoms with E-state index >= 15 is 0 Å². The van der Waals surface area contributed by atoms with Crippen molar-refractivity contribution in [1.82, 2.24) is 15.5 Å². The van der Waals surface area contributed by atoms with E-state index in [4.69, 9.17) is 16.3 Å². The van der Waals surface area contributed by atoms with Crippen LogP contribution in [0.5, 0.6) is 0 Å². The van der Waals surface area contributed by atoms with E-state index in [0.717, 1.165) is 31.2 Å². The number of carbonyl (C=O) groups excluding carboxylic acids is 4. The molecule has 33 heavy (non-hydrogen) atoms. The Balaban J connectivity index is 1.97. The number of aldehydes is 1. The van der Waals surface area contributed by atoms with Gasteiger partial charge in [0.1, 0.15) is 18.9 Å². The van der Waals surface area contributed by atoms with Crippen molar-refractivity contribution in [2.75, 3.05) is 14.1 Å². The lowest BCUT2D eigenvalue weighted by molar-refractivity contribution is -0.130. The summed E-state index contributed by atoms with van der Waals surface area (Å²) in [5.74, 6) is -0.264. The molecule has 182 valence electrons. The molecule has 0 saturated heterocycles. The molecule has 1 aromatic carbocycles. The van der Waals surface area contributed by atoms with Crippen molar-refractivity contribution < 1.29 is 23.9 Å². The maximum Gasteiger partial charge on any atom is 0.408 e. The molecule has 0 spiro atoms. The molecule has 0 aromatic heterocycles. The van der Waals surface area contributed by atoms with Crippen molar-refractivity contribution in [3.05, 3.63) is 34.9 Å². The lowest BCUT2D eigenvalue weighted by Gasteiger charge is -2.27. The third kappa shape index (κ3) is 9.82. The Bertz CT molecular complexity index is 811. The Morgan fingerprint density at radius 3 is 2.55 bits per heavy atom. The highest BCUT2D eigenvalue weighted by atomic mass is 35.5. The molecule has 1 aromatic rings. The number of halogens is 1. The molecule has 1 aliphatic rings. The molecule has 1 fully saturated rings. The molecule has 2 N–H and O–H groups in total. The fourth-order valence-electron chi connectivity index (χ4n) is 3.91. The second-order valence-electron chi connectivity index (χ2n) is 8.72. The first-order valence-electron chi connectivity index (χ1n) is 11.4. The third-order valence-corrected chi connectivity index (χ3v) is 6.06. The van der Waals surface area contributed by atoms with Crippen molar-refractivity contribution in [1.29, 1.82) is 0 Å². The van der Waals surface area contributed by atoms with E-state index in [9.17, 15) is 19.2 Å². The van der Waals surface area contributed by atoms with Crippen LogP contribution in [-0.4, -0.2) is 55.3 Å². The van der Waals surface area contributed by atoms with Gasteiger partial charge in [-0.1, -0.05) is 55.8 Å². The zero-order valence-corrected chi connectivity index (χ0v) is 20.1. The summed E-state index contributed by atoms with van der Waals surface area (Å²) >= 11 is 5.96. The molecule has 0 radical (unpaired) electrons. The Kier molecular flexibility index (Phi) is 11.2. The van der Waals surface area contributed by atoms with E-state index < -0.39 is 24.1 Å². The number of nitrogens with one attached hydrogen (secondary N) is 2. The van der Waals surface area contributed by atoms with E-state index in [-0.39, 0.29) is 25.4 Å². The average Bonchev–Trinajstić information content (AvgIpc) is 2.80. The summed E-state index contributed by atoms with van der Waals surface area (Å²) in [4.78, 5) is 50.1. The first kappa shape index (κ1) is 26.6. The number of rotatable bonds is 11. The number of ether oxygens (including phenoxy) is 1. The van der Waals surface area contributed by atoms with Gasteiger partial charge in [-0.2, -0.15) is 0 Å². The molecule has 0 bridgehead atoms. The number of benzene rings is 1. The number of carbonyl (C=O) groups is 4. The van der Waals surface area contributed by atoms with Crippen LogP contribution >= 0.6 is 11.6 Å². The minimum Gasteiger partial charge on any atom is -0.445 e. The van der Waals surface area contributed by atoms with Crippen LogP contribution in [0.25, 0.3) is 0 Å². The molecule has 1 aliphatic carbocycles. The fourth-order valence-corrected chi connectivity index (χ4v) is 4.12. The van der Waals surface area contributed by atoms with E-state index in [2.05, 4.69) is 10.6 Å². The van der Waals surface area contributed by atoms with Crippen LogP contribution in [-0.2, 0) is 25.7 Å². The van der Waals surface area contributed by atoms with Crippen LogP contribution in [0.4, 0.5) is 4.79 Å². The average molecular weight is 480 g/mol. The van der Waals surface area contributed by atoms with Crippen LogP contribution in [0.15, 0.2) is 24.3 Å². The Hall–Kier alpha value is -2.61. The largest absolute Gasteiger partial charge is 0.445 e. The monoisotopic (exact) mass is 479 g/mol. The summed E-state index contributed by atoms with van der Waals surface area (Å²) in [6, 6.07) is 5.34. The second kappa shape index (κ2) is 13.8. The van der Waals surface area contributed by atoms with Gasteiger partial charge < -0.3 is 25.1 Å². The van der Waals surface area contributed by atoms with E-state index in [1.807, 2.05) is 0 Å². The number of amides is 3. The lowest BCUT2D eigenvalue weighted by atomic mass is 9.84. The summed E-state index contributed by atoms with van der Waals surface area (Å²) in [7, 11) is 3.27. The zero-order valence-electron chi connectivity index (χ0n) is 19.3. The maximum absolute atomic E-state index is 13.0. The SMILES string of the molecule is CN(C)C(=O)CC[C@@H](C=O)NC(=O)[C@H](CC1CCCCC1)NC(=O)OCc1cccc(Cl)c1. The molecule has 9 heteroatoms. The van der Waals surface area contributed by atoms with Crippen molar-refractivity contribution >= 4 is 35.8 Å². The normalized spacial score (nSPS) is 15.7. The van der Waals surface area contributed by atoms with E-state index in [0.29, 0.717) is 23.6 Å². The lowest BCUT2D eigenvalue weighted by Crippen LogP contribution is -2.51. The van der Waals surface area contributed by atoms with Gasteiger partial charge in [0.05, 0.1) is 6.04 Å². The number of hydrogen-bond donors (Lipinski definition) is 2. The van der Waals surface area contributed by atoms with Crippen molar-refractivity contribution in [3.8, 4) is 0 Å². The van der Waals surface area contributed by atoms with Gasteiger partial charge in [-0.05, 0) is 36.5 Å². The minimum absolute atomic E-state index is 0.0216. The van der Waals surface area contributed by atoms with Crippen LogP contribution in [0, 0.1) is 5.92 Å². The highest BCUT2D eigenvalue weighted by molar-refractivity contribution is 6.30. The summed E-state index contributed by atoms with van der Waals surface area (Å²) < 4.78 is 5.28. The van der Waals surface area contributed by atoms with Crippen LogP contribution < -0.4 is 10.6 Å². The maximum atomic E-state index is 13.0. The van der Waals surface area contributed by atoms with Gasteiger partial charge in [0.15, 0.2) is 0 Å². The van der Waals surface area contributed by atoms with Crippen LogP contribution in [0.2, 0.25) is 5.02 Å². The van der Waals surface area contributed by atoms with Crippen molar-refractivity contribution in [3.63, 3.8) is 0 Å². The highest BCUT2D eigenvalue weighted by Gasteiger charge is 2.28. The topological polar surface area (TPSA) is 105 Å². The standard InChI is InChI=1S/C24H34ClN3O5/c1-28(2)22(30)12-11-20(15-29)26-23(31)21(14-17-7-4-3-5-8-17)27-24(32)33-16-18-9-6-10-19(25)13-18/h6,9-10,13,15,17,20-21H,3-5,7-8,11-12,14,16H2,1-2H3,(H,26,31)(H,27,32)/t20-,21-/m0/s1. The summed E-state index contributed by atoms with van der Waals surface area (Å²) in [5, 5.41) is 5.88. The molecule has 2 atom stereocenters. The second-order valence-corrected chi connectivity index (χ2v) is 9.16. The van der Waals surface area contributed by atoms with Crippen molar-refractivity contribution in [2.24, 2.45) is 5.92 Å². The van der Waals surface area contributed by atoms with Gasteiger partial charge in [-0.25, -0.2) is 4.79 Å². The van der Waals surface area contributed by atoms with Gasteiger partial charge in [0.2, 0.25) is 11.8 Å². The van der Waals surface area contributed by atoms with Crippen molar-refractivity contribution in [2.45, 2.75) is 70.1 Å². The molecule has 0 unspecified atom stereocenters. The van der Waals surface area contributed by atoms with E-state index in [1.54, 1.807) is 38.4 Å². The summed E-state index contributed by atoms with van der Waals surface area (Å²) in [6.07, 6.45) is 6.09. The smallest absolute Gasteiger partial charge is 0.408 e. The van der Waals surface area contributed by atoms with Crippen LogP contribution in [0.3, 0.4) is 0 Å². The summed E-state index contributed by atoms with van der Waals surface area (Å²) in [5.41, 5.74) is 0.734. The molecule has 1 saturated carbocycles. The Morgan fingerprint density at radius 1 is 1.18 bits per heavy atom. The highest BCUT2D eigenvalue weighted by Crippen LogP contribution is 2.27. The predicted octanol–water partition coefficient (Wildman–Crippen LogP) is 3.46. The molecule has 8 nitrogen and oxygen atoms in total. The minimum atomic E-state index is -0.827. The zero-order chi connectivity index (χ0) is 24.2. The predicted molar refractivity (Wildman–Crippen MR) is 126 cm³/mol. The number of alkyl carbamates (subject to hydrolysis) is 1. The Labute approximate surface area is 200 Å². The van der Waals surface area contributed by atoms with Gasteiger partial charge in [-0.3, -0.25) is 9.59 Å². The molecular formula is C24H34ClN3O5. The summed E-state index contributed by atoms with van der Waals surface area (Å²) in [6.45, 7) is 0.0216. The first-order valence-corrected chi connectivity index (χ1v) is 11.8. The fraction of sp³-hybridized carbons (Fsp3) is 0.583. The first-order chi connectivity index (χ1) is 15.8. The molecular weight excluding hydrogens is 446 g/mol. The number of hydrogen-bond acceptors (Lipinski definition) is 5. The van der Waals surface area contributed by atoms with Crippen LogP contribution in [0.1, 0.15) is 56.9 Å². The molecule has 2 rings (SSSR count). The third-order valence-electron chi connectivity index (χ3n) is 5.82. The van der Waals surface area contributed by atoms with Gasteiger partial charge in [0, 0.05) is 25.5 Å². The van der Waals surface area contributed by atoms with Gasteiger partial charge >= 0.3 is 6.09 Å².